The highest BCUT2D eigenvalue weighted by atomic mass is 16.5. The normalized spacial score (nSPS) is 12.8. The third-order valence-corrected chi connectivity index (χ3v) is 2.65. The quantitative estimate of drug-likeness (QED) is 0.520. The molecule has 3 N–H and O–H groups in total. The summed E-state index contributed by atoms with van der Waals surface area (Å²) >= 11 is 0. The summed E-state index contributed by atoms with van der Waals surface area (Å²) in [6, 6.07) is 0.0280. The van der Waals surface area contributed by atoms with Crippen molar-refractivity contribution in [1.82, 2.24) is 10.2 Å². The molecule has 0 aliphatic heterocycles. The summed E-state index contributed by atoms with van der Waals surface area (Å²) in [4.78, 5) is 13.5. The summed E-state index contributed by atoms with van der Waals surface area (Å²) in [6.07, 6.45) is 0.403. The molecular weight excluding hydrogens is 222 g/mol. The van der Waals surface area contributed by atoms with Gasteiger partial charge in [0.05, 0.1) is 13.2 Å². The van der Waals surface area contributed by atoms with Gasteiger partial charge in [-0.2, -0.15) is 0 Å². The van der Waals surface area contributed by atoms with Gasteiger partial charge in [0.1, 0.15) is 0 Å². The van der Waals surface area contributed by atoms with Crippen LogP contribution in [0, 0.1) is 0 Å². The Bertz CT molecular complexity index is 194. The van der Waals surface area contributed by atoms with E-state index in [-0.39, 0.29) is 11.9 Å². The fourth-order valence-electron chi connectivity index (χ4n) is 1.57. The average Bonchev–Trinajstić information content (AvgIpc) is 2.36. The number of hydrogen-bond donors (Lipinski definition) is 2. The predicted octanol–water partition coefficient (Wildman–Crippen LogP) is -0.955. The maximum atomic E-state index is 11.4. The van der Waals surface area contributed by atoms with E-state index in [0.717, 1.165) is 13.1 Å². The Morgan fingerprint density at radius 3 is 2.18 bits per heavy atom. The lowest BCUT2D eigenvalue weighted by Gasteiger charge is -2.30. The molecule has 1 unspecified atom stereocenters. The van der Waals surface area contributed by atoms with Gasteiger partial charge in [0.25, 0.3) is 0 Å². The van der Waals surface area contributed by atoms with Crippen molar-refractivity contribution in [3.63, 3.8) is 0 Å². The molecule has 0 aromatic carbocycles. The third-order valence-electron chi connectivity index (χ3n) is 2.65. The lowest BCUT2D eigenvalue weighted by atomic mass is 10.1. The zero-order valence-corrected chi connectivity index (χ0v) is 11.1. The fraction of sp³-hybridized carbons (Fsp3) is 0.909. The Morgan fingerprint density at radius 2 is 1.82 bits per heavy atom. The summed E-state index contributed by atoms with van der Waals surface area (Å²) in [6.45, 7) is 3.18. The molecule has 0 aromatic heterocycles. The van der Waals surface area contributed by atoms with E-state index >= 15 is 0 Å². The summed E-state index contributed by atoms with van der Waals surface area (Å²) in [5, 5.41) is 2.61. The number of nitrogens with two attached hydrogens (primary N) is 1. The highest BCUT2D eigenvalue weighted by molar-refractivity contribution is 5.76. The van der Waals surface area contributed by atoms with Gasteiger partial charge in [-0.3, -0.25) is 9.69 Å². The van der Waals surface area contributed by atoms with Crippen molar-refractivity contribution in [1.29, 1.82) is 0 Å². The number of ether oxygens (including phenoxy) is 2. The molecule has 0 radical (unpaired) electrons. The standard InChI is InChI=1S/C11H25N3O3/c1-13-11(15)8-10(9-12)14(4-6-16-2)5-7-17-3/h10H,4-9,12H2,1-3H3,(H,13,15). The molecule has 0 fully saturated rings. The second kappa shape index (κ2) is 10.5. The van der Waals surface area contributed by atoms with Crippen LogP contribution in [-0.4, -0.2) is 71.0 Å². The third kappa shape index (κ3) is 7.27. The van der Waals surface area contributed by atoms with Crippen molar-refractivity contribution in [2.24, 2.45) is 5.73 Å². The number of amides is 1. The van der Waals surface area contributed by atoms with Gasteiger partial charge in [0, 0.05) is 53.4 Å². The lowest BCUT2D eigenvalue weighted by molar-refractivity contribution is -0.121. The van der Waals surface area contributed by atoms with E-state index in [4.69, 9.17) is 15.2 Å². The second-order valence-electron chi connectivity index (χ2n) is 3.79. The van der Waals surface area contributed by atoms with Gasteiger partial charge >= 0.3 is 0 Å². The number of hydrogen-bond acceptors (Lipinski definition) is 5. The zero-order chi connectivity index (χ0) is 13.1. The molecule has 0 spiro atoms. The first-order chi connectivity index (χ1) is 8.19. The molecule has 0 saturated carbocycles. The summed E-state index contributed by atoms with van der Waals surface area (Å²) in [5.74, 6) is 0.000263. The number of nitrogens with one attached hydrogen (secondary N) is 1. The fourth-order valence-corrected chi connectivity index (χ4v) is 1.57. The molecule has 102 valence electrons. The number of rotatable bonds is 10. The maximum absolute atomic E-state index is 11.4. The van der Waals surface area contributed by atoms with Gasteiger partial charge < -0.3 is 20.5 Å². The van der Waals surface area contributed by atoms with Crippen LogP contribution in [0.5, 0.6) is 0 Å². The molecule has 17 heavy (non-hydrogen) atoms. The van der Waals surface area contributed by atoms with Crippen LogP contribution in [0.4, 0.5) is 0 Å². The van der Waals surface area contributed by atoms with Gasteiger partial charge in [0.15, 0.2) is 0 Å². The summed E-state index contributed by atoms with van der Waals surface area (Å²) < 4.78 is 10.1. The van der Waals surface area contributed by atoms with Crippen molar-refractivity contribution < 1.29 is 14.3 Å². The number of carbonyl (C=O) groups is 1. The van der Waals surface area contributed by atoms with Crippen LogP contribution in [0.3, 0.4) is 0 Å². The highest BCUT2D eigenvalue weighted by Gasteiger charge is 2.19. The van der Waals surface area contributed by atoms with Crippen molar-refractivity contribution in [2.45, 2.75) is 12.5 Å². The van der Waals surface area contributed by atoms with Crippen LogP contribution in [0.1, 0.15) is 6.42 Å². The predicted molar refractivity (Wildman–Crippen MR) is 66.9 cm³/mol. The molecule has 0 bridgehead atoms. The number of nitrogens with zero attached hydrogens (tertiary/aromatic N) is 1. The van der Waals surface area contributed by atoms with E-state index in [1.807, 2.05) is 0 Å². The molecular formula is C11H25N3O3. The van der Waals surface area contributed by atoms with E-state index < -0.39 is 0 Å². The van der Waals surface area contributed by atoms with E-state index in [0.29, 0.717) is 26.2 Å². The molecule has 0 heterocycles. The zero-order valence-electron chi connectivity index (χ0n) is 11.1. The highest BCUT2D eigenvalue weighted by Crippen LogP contribution is 2.03. The Labute approximate surface area is 103 Å². The molecule has 6 heteroatoms. The van der Waals surface area contributed by atoms with Crippen LogP contribution in [-0.2, 0) is 14.3 Å². The van der Waals surface area contributed by atoms with Crippen LogP contribution >= 0.6 is 0 Å². The number of carbonyl (C=O) groups excluding carboxylic acids is 1. The van der Waals surface area contributed by atoms with Gasteiger partial charge in [-0.05, 0) is 0 Å². The van der Waals surface area contributed by atoms with Crippen LogP contribution in [0.2, 0.25) is 0 Å². The van der Waals surface area contributed by atoms with Crippen molar-refractivity contribution in [2.75, 3.05) is 54.1 Å². The maximum Gasteiger partial charge on any atom is 0.221 e. The lowest BCUT2D eigenvalue weighted by Crippen LogP contribution is -2.46. The van der Waals surface area contributed by atoms with E-state index in [9.17, 15) is 4.79 Å². The van der Waals surface area contributed by atoms with E-state index in [1.165, 1.54) is 0 Å². The first-order valence-electron chi connectivity index (χ1n) is 5.82. The molecule has 0 aromatic rings. The minimum absolute atomic E-state index is 0.000263. The molecule has 0 aliphatic rings. The first kappa shape index (κ1) is 16.3. The van der Waals surface area contributed by atoms with Crippen molar-refractivity contribution in [3.05, 3.63) is 0 Å². The number of methoxy groups -OCH3 is 2. The topological polar surface area (TPSA) is 76.8 Å². The van der Waals surface area contributed by atoms with Crippen LogP contribution in [0.25, 0.3) is 0 Å². The molecule has 0 saturated heterocycles. The van der Waals surface area contributed by atoms with E-state index in [2.05, 4.69) is 10.2 Å². The minimum Gasteiger partial charge on any atom is -0.383 e. The van der Waals surface area contributed by atoms with Crippen molar-refractivity contribution in [3.8, 4) is 0 Å². The molecule has 0 rings (SSSR count). The van der Waals surface area contributed by atoms with Crippen LogP contribution in [0.15, 0.2) is 0 Å². The Hall–Kier alpha value is -0.690. The van der Waals surface area contributed by atoms with Gasteiger partial charge in [0.2, 0.25) is 5.91 Å². The Balaban J connectivity index is 4.30. The SMILES string of the molecule is CNC(=O)CC(CN)N(CCOC)CCOC. The monoisotopic (exact) mass is 247 g/mol. The molecule has 1 amide bonds. The molecule has 6 nitrogen and oxygen atoms in total. The van der Waals surface area contributed by atoms with Gasteiger partial charge in [-0.1, -0.05) is 0 Å². The summed E-state index contributed by atoms with van der Waals surface area (Å²) in [7, 11) is 4.94. The Morgan fingerprint density at radius 1 is 1.29 bits per heavy atom. The minimum atomic E-state index is 0.000263. The smallest absolute Gasteiger partial charge is 0.221 e. The Kier molecular flexibility index (Phi) is 10.0. The largest absolute Gasteiger partial charge is 0.383 e. The second-order valence-corrected chi connectivity index (χ2v) is 3.79. The van der Waals surface area contributed by atoms with Gasteiger partial charge in [-0.25, -0.2) is 0 Å². The first-order valence-corrected chi connectivity index (χ1v) is 5.82. The van der Waals surface area contributed by atoms with Crippen molar-refractivity contribution >= 4 is 5.91 Å². The van der Waals surface area contributed by atoms with Crippen LogP contribution < -0.4 is 11.1 Å². The summed E-state index contributed by atoms with van der Waals surface area (Å²) in [5.41, 5.74) is 5.72. The molecule has 0 aliphatic carbocycles. The molecule has 1 atom stereocenters. The van der Waals surface area contributed by atoms with Gasteiger partial charge in [-0.15, -0.1) is 0 Å². The van der Waals surface area contributed by atoms with E-state index in [1.54, 1.807) is 21.3 Å². The average molecular weight is 247 g/mol.